The zero-order valence-corrected chi connectivity index (χ0v) is 16.7. The SMILES string of the molecule is O=C(O)[C@H](Cc1ccccc1)NS(=O)(=O)c1ccc2c(c1)Sc1ccccc1O2. The number of carboxylic acid groups (broad SMARTS) is 1. The van der Waals surface area contributed by atoms with Crippen LogP contribution in [0.1, 0.15) is 5.56 Å². The van der Waals surface area contributed by atoms with Gasteiger partial charge < -0.3 is 9.84 Å². The third-order valence-corrected chi connectivity index (χ3v) is 6.96. The Kier molecular flexibility index (Phi) is 5.31. The van der Waals surface area contributed by atoms with E-state index in [1.807, 2.05) is 30.3 Å². The second kappa shape index (κ2) is 7.90. The molecule has 0 aliphatic carbocycles. The molecule has 0 saturated carbocycles. The number of fused-ring (bicyclic) bond motifs is 2. The van der Waals surface area contributed by atoms with Gasteiger partial charge in [-0.1, -0.05) is 54.2 Å². The summed E-state index contributed by atoms with van der Waals surface area (Å²) in [5.41, 5.74) is 0.730. The van der Waals surface area contributed by atoms with E-state index in [4.69, 9.17) is 4.74 Å². The first-order chi connectivity index (χ1) is 13.9. The fourth-order valence-corrected chi connectivity index (χ4v) is 5.24. The smallest absolute Gasteiger partial charge is 0.322 e. The van der Waals surface area contributed by atoms with Gasteiger partial charge in [0.05, 0.1) is 14.7 Å². The van der Waals surface area contributed by atoms with Crippen molar-refractivity contribution in [2.45, 2.75) is 27.1 Å². The van der Waals surface area contributed by atoms with Gasteiger partial charge in [-0.15, -0.1) is 0 Å². The molecule has 6 nitrogen and oxygen atoms in total. The summed E-state index contributed by atoms with van der Waals surface area (Å²) >= 11 is 1.41. The first kappa shape index (κ1) is 19.5. The lowest BCUT2D eigenvalue weighted by Gasteiger charge is -2.20. The van der Waals surface area contributed by atoms with Crippen LogP contribution in [0, 0.1) is 0 Å². The summed E-state index contributed by atoms with van der Waals surface area (Å²) in [7, 11) is -4.04. The van der Waals surface area contributed by atoms with Gasteiger partial charge in [0.2, 0.25) is 10.0 Å². The molecule has 3 aromatic carbocycles. The first-order valence-corrected chi connectivity index (χ1v) is 11.1. The molecule has 3 aromatic rings. The molecular weight excluding hydrogens is 410 g/mol. The summed E-state index contributed by atoms with van der Waals surface area (Å²) in [4.78, 5) is 13.2. The van der Waals surface area contributed by atoms with Crippen molar-refractivity contribution in [1.29, 1.82) is 0 Å². The van der Waals surface area contributed by atoms with Crippen molar-refractivity contribution in [3.05, 3.63) is 78.4 Å². The Bertz CT molecular complexity index is 1160. The summed E-state index contributed by atoms with van der Waals surface area (Å²) in [6, 6.07) is 19.6. The van der Waals surface area contributed by atoms with Gasteiger partial charge in [0, 0.05) is 0 Å². The zero-order valence-electron chi connectivity index (χ0n) is 15.1. The monoisotopic (exact) mass is 427 g/mol. The molecule has 0 fully saturated rings. The summed E-state index contributed by atoms with van der Waals surface area (Å²) < 4.78 is 33.8. The van der Waals surface area contributed by atoms with Crippen molar-refractivity contribution in [1.82, 2.24) is 4.72 Å². The highest BCUT2D eigenvalue weighted by atomic mass is 32.2. The zero-order chi connectivity index (χ0) is 20.4. The average molecular weight is 428 g/mol. The number of para-hydroxylation sites is 1. The largest absolute Gasteiger partial charge is 0.480 e. The summed E-state index contributed by atoms with van der Waals surface area (Å²) in [6.07, 6.45) is 0.0472. The van der Waals surface area contributed by atoms with E-state index in [9.17, 15) is 18.3 Å². The van der Waals surface area contributed by atoms with E-state index in [0.717, 1.165) is 10.5 Å². The first-order valence-electron chi connectivity index (χ1n) is 8.80. The van der Waals surface area contributed by atoms with Gasteiger partial charge in [0.25, 0.3) is 0 Å². The van der Waals surface area contributed by atoms with Crippen molar-refractivity contribution in [3.8, 4) is 11.5 Å². The van der Waals surface area contributed by atoms with Crippen molar-refractivity contribution in [3.63, 3.8) is 0 Å². The standard InChI is InChI=1S/C21H17NO5S2/c23-21(24)16(12-14-6-2-1-3-7-14)22-29(25,26)15-10-11-18-20(13-15)28-19-9-5-4-8-17(19)27-18/h1-11,13,16,22H,12H2,(H,23,24)/t16-/m0/s1. The number of sulfonamides is 1. The van der Waals surface area contributed by atoms with E-state index in [1.165, 1.54) is 23.9 Å². The van der Waals surface area contributed by atoms with Crippen molar-refractivity contribution >= 4 is 27.8 Å². The molecular formula is C21H17NO5S2. The third kappa shape index (κ3) is 4.29. The molecule has 0 unspecified atom stereocenters. The van der Waals surface area contributed by atoms with Gasteiger partial charge in [-0.25, -0.2) is 8.42 Å². The van der Waals surface area contributed by atoms with Crippen molar-refractivity contribution < 1.29 is 23.1 Å². The minimum atomic E-state index is -4.04. The van der Waals surface area contributed by atoms with Crippen LogP contribution in [0.15, 0.2) is 87.5 Å². The van der Waals surface area contributed by atoms with Gasteiger partial charge in [-0.2, -0.15) is 4.72 Å². The van der Waals surface area contributed by atoms with Crippen LogP contribution in [0.25, 0.3) is 0 Å². The van der Waals surface area contributed by atoms with Crippen LogP contribution >= 0.6 is 11.8 Å². The number of aliphatic carboxylic acids is 1. The van der Waals surface area contributed by atoms with Gasteiger partial charge in [0.1, 0.15) is 17.5 Å². The lowest BCUT2D eigenvalue weighted by atomic mass is 10.1. The third-order valence-electron chi connectivity index (χ3n) is 4.39. The van der Waals surface area contributed by atoms with Crippen molar-refractivity contribution in [2.75, 3.05) is 0 Å². The highest BCUT2D eigenvalue weighted by Crippen LogP contribution is 2.47. The van der Waals surface area contributed by atoms with Crippen LogP contribution in [0.4, 0.5) is 0 Å². The molecule has 0 spiro atoms. The van der Waals surface area contributed by atoms with Crippen LogP contribution < -0.4 is 9.46 Å². The number of nitrogens with one attached hydrogen (secondary N) is 1. The molecule has 0 radical (unpaired) electrons. The fraction of sp³-hybridized carbons (Fsp3) is 0.0952. The van der Waals surface area contributed by atoms with Crippen LogP contribution in [-0.2, 0) is 21.2 Å². The van der Waals surface area contributed by atoms with E-state index >= 15 is 0 Å². The van der Waals surface area contributed by atoms with Crippen LogP contribution in [0.2, 0.25) is 0 Å². The minimum absolute atomic E-state index is 0.00829. The molecule has 29 heavy (non-hydrogen) atoms. The van der Waals surface area contributed by atoms with Gasteiger partial charge in [-0.05, 0) is 42.3 Å². The fourth-order valence-electron chi connectivity index (χ4n) is 2.96. The van der Waals surface area contributed by atoms with Gasteiger partial charge >= 0.3 is 5.97 Å². The van der Waals surface area contributed by atoms with Crippen LogP contribution in [0.5, 0.6) is 11.5 Å². The summed E-state index contributed by atoms with van der Waals surface area (Å²) in [5, 5.41) is 9.50. The maximum absolute atomic E-state index is 12.8. The number of ether oxygens (including phenoxy) is 1. The number of carboxylic acids is 1. The Morgan fingerprint density at radius 2 is 1.66 bits per heavy atom. The van der Waals surface area contributed by atoms with E-state index in [-0.39, 0.29) is 11.3 Å². The van der Waals surface area contributed by atoms with Gasteiger partial charge in [-0.3, -0.25) is 4.79 Å². The minimum Gasteiger partial charge on any atom is -0.480 e. The number of carbonyl (C=O) groups is 1. The lowest BCUT2D eigenvalue weighted by molar-refractivity contribution is -0.138. The quantitative estimate of drug-likeness (QED) is 0.485. The Morgan fingerprint density at radius 3 is 2.41 bits per heavy atom. The molecule has 1 atom stereocenters. The molecule has 0 bridgehead atoms. The predicted octanol–water partition coefficient (Wildman–Crippen LogP) is 3.92. The van der Waals surface area contributed by atoms with Gasteiger partial charge in [0.15, 0.2) is 0 Å². The summed E-state index contributed by atoms with van der Waals surface area (Å²) in [5.74, 6) is 0.0429. The van der Waals surface area contributed by atoms with E-state index in [2.05, 4.69) is 4.72 Å². The second-order valence-electron chi connectivity index (χ2n) is 6.46. The lowest BCUT2D eigenvalue weighted by Crippen LogP contribution is -2.42. The van der Waals surface area contributed by atoms with E-state index in [1.54, 1.807) is 30.3 Å². The highest BCUT2D eigenvalue weighted by molar-refractivity contribution is 7.99. The number of benzene rings is 3. The Morgan fingerprint density at radius 1 is 0.966 bits per heavy atom. The Balaban J connectivity index is 1.58. The second-order valence-corrected chi connectivity index (χ2v) is 9.26. The summed E-state index contributed by atoms with van der Waals surface area (Å²) in [6.45, 7) is 0. The Labute approximate surface area is 172 Å². The molecule has 4 rings (SSSR count). The number of hydrogen-bond donors (Lipinski definition) is 2. The molecule has 2 N–H and O–H groups in total. The number of rotatable bonds is 6. The average Bonchev–Trinajstić information content (AvgIpc) is 2.72. The van der Waals surface area contributed by atoms with E-state index < -0.39 is 22.0 Å². The predicted molar refractivity (Wildman–Crippen MR) is 109 cm³/mol. The Hall–Kier alpha value is -2.81. The highest BCUT2D eigenvalue weighted by Gasteiger charge is 2.27. The van der Waals surface area contributed by atoms with E-state index in [0.29, 0.717) is 16.4 Å². The molecule has 8 heteroatoms. The maximum Gasteiger partial charge on any atom is 0.322 e. The van der Waals surface area contributed by atoms with Crippen LogP contribution in [-0.4, -0.2) is 25.5 Å². The normalized spacial score (nSPS) is 13.7. The molecule has 1 aliphatic rings. The number of hydrogen-bond acceptors (Lipinski definition) is 5. The molecule has 0 saturated heterocycles. The molecule has 1 aliphatic heterocycles. The molecule has 0 aromatic heterocycles. The maximum atomic E-state index is 12.8. The molecule has 148 valence electrons. The molecule has 0 amide bonds. The van der Waals surface area contributed by atoms with Crippen molar-refractivity contribution in [2.24, 2.45) is 0 Å². The topological polar surface area (TPSA) is 92.7 Å². The molecule has 1 heterocycles. The van der Waals surface area contributed by atoms with Crippen LogP contribution in [0.3, 0.4) is 0 Å².